The molecular weight excluding hydrogens is 246 g/mol. The van der Waals surface area contributed by atoms with E-state index >= 15 is 0 Å². The molecule has 0 aliphatic carbocycles. The first kappa shape index (κ1) is 13.1. The first-order chi connectivity index (χ1) is 8.99. The van der Waals surface area contributed by atoms with Crippen LogP contribution < -0.4 is 0 Å². The number of fused-ring (bicyclic) bond motifs is 1. The monoisotopic (exact) mass is 261 g/mol. The van der Waals surface area contributed by atoms with Gasteiger partial charge in [-0.15, -0.1) is 0 Å². The fraction of sp³-hybridized carbons (Fsp3) is 0.286. The fourth-order valence-electron chi connectivity index (χ4n) is 2.00. The van der Waals surface area contributed by atoms with Crippen molar-refractivity contribution in [3.63, 3.8) is 0 Å². The predicted octanol–water partition coefficient (Wildman–Crippen LogP) is 2.29. The third kappa shape index (κ3) is 2.76. The van der Waals surface area contributed by atoms with Crippen LogP contribution in [0.4, 0.5) is 0 Å². The molecule has 100 valence electrons. The van der Waals surface area contributed by atoms with Gasteiger partial charge in [-0.3, -0.25) is 4.79 Å². The minimum atomic E-state index is -1.01. The number of aromatic carboxylic acids is 1. The molecule has 0 unspecified atom stereocenters. The van der Waals surface area contributed by atoms with Crippen molar-refractivity contribution in [2.24, 2.45) is 0 Å². The first-order valence-corrected chi connectivity index (χ1v) is 5.99. The molecule has 0 aliphatic rings. The first-order valence-electron chi connectivity index (χ1n) is 5.99. The van der Waals surface area contributed by atoms with E-state index in [2.05, 4.69) is 0 Å². The Bertz CT molecular complexity index is 627. The largest absolute Gasteiger partial charge is 0.478 e. The highest BCUT2D eigenvalue weighted by molar-refractivity contribution is 6.02. The average molecular weight is 261 g/mol. The Labute approximate surface area is 110 Å². The molecule has 0 amide bonds. The van der Waals surface area contributed by atoms with Crippen molar-refractivity contribution < 1.29 is 19.4 Å². The van der Waals surface area contributed by atoms with Crippen LogP contribution in [0.2, 0.25) is 0 Å². The standard InChI is InChI=1S/C14H15NO4/c1-9(2)19-12(16)8-15-7-6-10-4-3-5-11(13(10)15)14(17)18/h3-7,9H,8H2,1-2H3,(H,17,18). The number of carboxylic acids is 1. The minimum absolute atomic E-state index is 0.00593. The van der Waals surface area contributed by atoms with Gasteiger partial charge in [-0.25, -0.2) is 4.79 Å². The number of carbonyl (C=O) groups excluding carboxylic acids is 1. The van der Waals surface area contributed by atoms with Gasteiger partial charge in [-0.05, 0) is 26.0 Å². The van der Waals surface area contributed by atoms with E-state index < -0.39 is 5.97 Å². The third-order valence-electron chi connectivity index (χ3n) is 2.69. The van der Waals surface area contributed by atoms with Crippen molar-refractivity contribution in [2.75, 3.05) is 0 Å². The summed E-state index contributed by atoms with van der Waals surface area (Å²) in [7, 11) is 0. The molecule has 5 nitrogen and oxygen atoms in total. The van der Waals surface area contributed by atoms with Crippen LogP contribution in [0.5, 0.6) is 0 Å². The molecule has 0 fully saturated rings. The van der Waals surface area contributed by atoms with Crippen LogP contribution in [-0.2, 0) is 16.1 Å². The van der Waals surface area contributed by atoms with Gasteiger partial charge in [-0.2, -0.15) is 0 Å². The summed E-state index contributed by atoms with van der Waals surface area (Å²) in [5, 5.41) is 9.96. The molecule has 2 aromatic rings. The maximum absolute atomic E-state index is 11.7. The molecule has 0 radical (unpaired) electrons. The molecular formula is C14H15NO4. The van der Waals surface area contributed by atoms with E-state index in [1.54, 1.807) is 36.7 Å². The van der Waals surface area contributed by atoms with Crippen molar-refractivity contribution in [1.29, 1.82) is 0 Å². The number of aromatic nitrogens is 1. The second-order valence-corrected chi connectivity index (χ2v) is 4.53. The molecule has 1 heterocycles. The van der Waals surface area contributed by atoms with Crippen LogP contribution >= 0.6 is 0 Å². The topological polar surface area (TPSA) is 68.5 Å². The van der Waals surface area contributed by atoms with Crippen LogP contribution in [0.15, 0.2) is 30.5 Å². The average Bonchev–Trinajstić information content (AvgIpc) is 2.71. The molecule has 0 atom stereocenters. The summed E-state index contributed by atoms with van der Waals surface area (Å²) in [4.78, 5) is 22.9. The molecule has 19 heavy (non-hydrogen) atoms. The van der Waals surface area contributed by atoms with Crippen LogP contribution in [0.3, 0.4) is 0 Å². The Hall–Kier alpha value is -2.30. The molecule has 0 spiro atoms. The van der Waals surface area contributed by atoms with Crippen LogP contribution in [-0.4, -0.2) is 27.7 Å². The molecule has 0 saturated carbocycles. The number of hydrogen-bond acceptors (Lipinski definition) is 3. The normalized spacial score (nSPS) is 10.9. The van der Waals surface area contributed by atoms with E-state index in [1.807, 2.05) is 6.07 Å². The van der Waals surface area contributed by atoms with E-state index in [4.69, 9.17) is 4.74 Å². The summed E-state index contributed by atoms with van der Waals surface area (Å²) in [5.74, 6) is -1.39. The molecule has 1 N–H and O–H groups in total. The molecule has 1 aromatic carbocycles. The van der Waals surface area contributed by atoms with E-state index in [0.29, 0.717) is 5.52 Å². The van der Waals surface area contributed by atoms with Crippen LogP contribution in [0, 0.1) is 0 Å². The number of nitrogens with zero attached hydrogens (tertiary/aromatic N) is 1. The fourth-order valence-corrected chi connectivity index (χ4v) is 2.00. The summed E-state index contributed by atoms with van der Waals surface area (Å²) in [6.45, 7) is 3.55. The predicted molar refractivity (Wildman–Crippen MR) is 70.1 cm³/mol. The number of carbonyl (C=O) groups is 2. The highest BCUT2D eigenvalue weighted by Gasteiger charge is 2.14. The Morgan fingerprint density at radius 3 is 2.68 bits per heavy atom. The summed E-state index contributed by atoms with van der Waals surface area (Å²) in [5.41, 5.74) is 0.718. The highest BCUT2D eigenvalue weighted by atomic mass is 16.5. The second-order valence-electron chi connectivity index (χ2n) is 4.53. The van der Waals surface area contributed by atoms with Gasteiger partial charge in [0, 0.05) is 11.6 Å². The van der Waals surface area contributed by atoms with E-state index in [0.717, 1.165) is 5.39 Å². The summed E-state index contributed by atoms with van der Waals surface area (Å²) < 4.78 is 6.67. The van der Waals surface area contributed by atoms with Crippen LogP contribution in [0.25, 0.3) is 10.9 Å². The smallest absolute Gasteiger partial charge is 0.337 e. The lowest BCUT2D eigenvalue weighted by Gasteiger charge is -2.10. The summed E-state index contributed by atoms with van der Waals surface area (Å²) >= 11 is 0. The van der Waals surface area contributed by atoms with Crippen LogP contribution in [0.1, 0.15) is 24.2 Å². The lowest BCUT2D eigenvalue weighted by Crippen LogP contribution is -2.17. The zero-order chi connectivity index (χ0) is 14.0. The third-order valence-corrected chi connectivity index (χ3v) is 2.69. The maximum Gasteiger partial charge on any atom is 0.337 e. The number of benzene rings is 1. The van der Waals surface area contributed by atoms with Gasteiger partial charge < -0.3 is 14.4 Å². The Balaban J connectivity index is 2.39. The van der Waals surface area contributed by atoms with E-state index in [-0.39, 0.29) is 24.2 Å². The van der Waals surface area contributed by atoms with Gasteiger partial charge in [-0.1, -0.05) is 12.1 Å². The zero-order valence-corrected chi connectivity index (χ0v) is 10.8. The molecule has 2 rings (SSSR count). The molecule has 0 bridgehead atoms. The zero-order valence-electron chi connectivity index (χ0n) is 10.8. The SMILES string of the molecule is CC(C)OC(=O)Cn1ccc2cccc(C(=O)O)c21. The molecule has 0 aliphatic heterocycles. The quantitative estimate of drug-likeness (QED) is 0.857. The van der Waals surface area contributed by atoms with Gasteiger partial charge in [0.2, 0.25) is 0 Å². The second kappa shape index (κ2) is 5.14. The van der Waals surface area contributed by atoms with Crippen molar-refractivity contribution in [2.45, 2.75) is 26.5 Å². The Morgan fingerprint density at radius 2 is 2.05 bits per heavy atom. The maximum atomic E-state index is 11.7. The lowest BCUT2D eigenvalue weighted by atomic mass is 10.1. The number of para-hydroxylation sites is 1. The van der Waals surface area contributed by atoms with Crippen molar-refractivity contribution >= 4 is 22.8 Å². The van der Waals surface area contributed by atoms with Crippen molar-refractivity contribution in [3.8, 4) is 0 Å². The molecule has 0 saturated heterocycles. The minimum Gasteiger partial charge on any atom is -0.478 e. The van der Waals surface area contributed by atoms with Crippen molar-refractivity contribution in [3.05, 3.63) is 36.0 Å². The number of hydrogen-bond donors (Lipinski definition) is 1. The van der Waals surface area contributed by atoms with Gasteiger partial charge in [0.15, 0.2) is 0 Å². The highest BCUT2D eigenvalue weighted by Crippen LogP contribution is 2.20. The van der Waals surface area contributed by atoms with Gasteiger partial charge >= 0.3 is 11.9 Å². The Morgan fingerprint density at radius 1 is 1.32 bits per heavy atom. The summed E-state index contributed by atoms with van der Waals surface area (Å²) in [6.07, 6.45) is 1.51. The molecule has 5 heteroatoms. The van der Waals surface area contributed by atoms with Gasteiger partial charge in [0.25, 0.3) is 0 Å². The number of esters is 1. The van der Waals surface area contributed by atoms with E-state index in [9.17, 15) is 14.7 Å². The van der Waals surface area contributed by atoms with Crippen molar-refractivity contribution in [1.82, 2.24) is 4.57 Å². The number of rotatable bonds is 4. The van der Waals surface area contributed by atoms with E-state index in [1.165, 1.54) is 6.07 Å². The number of ether oxygens (including phenoxy) is 1. The lowest BCUT2D eigenvalue weighted by molar-refractivity contribution is -0.148. The summed E-state index contributed by atoms with van der Waals surface area (Å²) in [6, 6.07) is 6.80. The Kier molecular flexibility index (Phi) is 3.55. The van der Waals surface area contributed by atoms with Gasteiger partial charge in [0.05, 0.1) is 17.2 Å². The molecule has 1 aromatic heterocycles. The van der Waals surface area contributed by atoms with Gasteiger partial charge in [0.1, 0.15) is 6.54 Å². The number of carboxylic acid groups (broad SMARTS) is 1.